The fourth-order valence-corrected chi connectivity index (χ4v) is 2.10. The monoisotopic (exact) mass is 233 g/mol. The smallest absolute Gasteiger partial charge is 0.311 e. The van der Waals surface area contributed by atoms with E-state index in [2.05, 4.69) is 5.32 Å². The Kier molecular flexibility index (Phi) is 3.42. The van der Waals surface area contributed by atoms with Gasteiger partial charge in [-0.15, -0.1) is 0 Å². The minimum atomic E-state index is -0.412. The lowest BCUT2D eigenvalue weighted by molar-refractivity contribution is -0.148. The van der Waals surface area contributed by atoms with E-state index in [-0.39, 0.29) is 24.3 Å². The summed E-state index contributed by atoms with van der Waals surface area (Å²) in [6, 6.07) is 9.23. The van der Waals surface area contributed by atoms with Gasteiger partial charge in [0.05, 0.1) is 18.6 Å². The maximum absolute atomic E-state index is 11.8. The first kappa shape index (κ1) is 11.6. The highest BCUT2D eigenvalue weighted by molar-refractivity contribution is 5.87. The Morgan fingerprint density at radius 1 is 1.41 bits per heavy atom. The van der Waals surface area contributed by atoms with Crippen molar-refractivity contribution in [3.05, 3.63) is 35.9 Å². The van der Waals surface area contributed by atoms with E-state index in [0.717, 1.165) is 5.56 Å². The minimum Gasteiger partial charge on any atom is -0.466 e. The van der Waals surface area contributed by atoms with Gasteiger partial charge in [-0.25, -0.2) is 0 Å². The van der Waals surface area contributed by atoms with E-state index in [1.807, 2.05) is 30.3 Å². The van der Waals surface area contributed by atoms with Gasteiger partial charge in [-0.2, -0.15) is 0 Å². The summed E-state index contributed by atoms with van der Waals surface area (Å²) in [6.45, 7) is 2.10. The lowest BCUT2D eigenvalue weighted by atomic mass is 9.94. The summed E-state index contributed by atoms with van der Waals surface area (Å²) in [7, 11) is 0. The Morgan fingerprint density at radius 3 is 2.76 bits per heavy atom. The Hall–Kier alpha value is -1.84. The number of amides is 1. The normalized spacial score (nSPS) is 23.2. The molecule has 2 unspecified atom stereocenters. The van der Waals surface area contributed by atoms with Crippen LogP contribution in [0.25, 0.3) is 0 Å². The molecule has 1 aromatic carbocycles. The van der Waals surface area contributed by atoms with E-state index in [9.17, 15) is 9.59 Å². The van der Waals surface area contributed by atoms with Gasteiger partial charge in [0.1, 0.15) is 0 Å². The Balaban J connectivity index is 2.20. The third kappa shape index (κ3) is 2.46. The van der Waals surface area contributed by atoms with Crippen molar-refractivity contribution >= 4 is 11.9 Å². The van der Waals surface area contributed by atoms with E-state index < -0.39 is 5.92 Å². The second-order valence-corrected chi connectivity index (χ2v) is 4.02. The summed E-state index contributed by atoms with van der Waals surface area (Å²) in [4.78, 5) is 23.2. The zero-order valence-corrected chi connectivity index (χ0v) is 9.68. The van der Waals surface area contributed by atoms with Crippen molar-refractivity contribution in [2.45, 2.75) is 19.4 Å². The molecule has 0 spiro atoms. The number of benzene rings is 1. The number of hydrogen-bond donors (Lipinski definition) is 1. The van der Waals surface area contributed by atoms with Crippen LogP contribution in [0.1, 0.15) is 24.9 Å². The van der Waals surface area contributed by atoms with Gasteiger partial charge in [0, 0.05) is 6.42 Å². The first-order valence-electron chi connectivity index (χ1n) is 5.73. The predicted molar refractivity (Wildman–Crippen MR) is 62.1 cm³/mol. The summed E-state index contributed by atoms with van der Waals surface area (Å²) in [6.07, 6.45) is 0.207. The van der Waals surface area contributed by atoms with Crippen LogP contribution in [0.4, 0.5) is 0 Å². The summed E-state index contributed by atoms with van der Waals surface area (Å²) in [5, 5.41) is 2.82. The second kappa shape index (κ2) is 4.99. The molecular formula is C13H15NO3. The molecule has 1 heterocycles. The van der Waals surface area contributed by atoms with Crippen molar-refractivity contribution in [1.82, 2.24) is 5.32 Å². The van der Waals surface area contributed by atoms with Crippen LogP contribution in [-0.2, 0) is 14.3 Å². The molecule has 1 aromatic rings. The molecule has 0 aliphatic carbocycles. The molecule has 2 atom stereocenters. The van der Waals surface area contributed by atoms with Crippen molar-refractivity contribution in [2.75, 3.05) is 6.61 Å². The number of nitrogens with one attached hydrogen (secondary N) is 1. The van der Waals surface area contributed by atoms with Crippen LogP contribution >= 0.6 is 0 Å². The summed E-state index contributed by atoms with van der Waals surface area (Å²) < 4.78 is 4.99. The van der Waals surface area contributed by atoms with Crippen molar-refractivity contribution in [3.8, 4) is 0 Å². The molecule has 1 N–H and O–H groups in total. The van der Waals surface area contributed by atoms with Crippen LogP contribution in [-0.4, -0.2) is 18.5 Å². The van der Waals surface area contributed by atoms with Gasteiger partial charge in [0.25, 0.3) is 0 Å². The van der Waals surface area contributed by atoms with E-state index in [4.69, 9.17) is 4.74 Å². The first-order chi connectivity index (χ1) is 8.22. The van der Waals surface area contributed by atoms with Gasteiger partial charge < -0.3 is 10.1 Å². The molecule has 0 aromatic heterocycles. The molecule has 1 fully saturated rings. The van der Waals surface area contributed by atoms with Gasteiger partial charge in [-0.1, -0.05) is 30.3 Å². The number of esters is 1. The van der Waals surface area contributed by atoms with Crippen LogP contribution < -0.4 is 5.32 Å². The zero-order chi connectivity index (χ0) is 12.3. The number of rotatable bonds is 3. The highest BCUT2D eigenvalue weighted by Gasteiger charge is 2.39. The number of hydrogen-bond acceptors (Lipinski definition) is 3. The van der Waals surface area contributed by atoms with Crippen molar-refractivity contribution in [3.63, 3.8) is 0 Å². The molecule has 0 saturated carbocycles. The van der Waals surface area contributed by atoms with Gasteiger partial charge in [-0.05, 0) is 12.5 Å². The fraction of sp³-hybridized carbons (Fsp3) is 0.385. The Bertz CT molecular complexity index is 416. The summed E-state index contributed by atoms with van der Waals surface area (Å²) >= 11 is 0. The average molecular weight is 233 g/mol. The minimum absolute atomic E-state index is 0.100. The number of ether oxygens (including phenoxy) is 1. The first-order valence-corrected chi connectivity index (χ1v) is 5.73. The number of carbonyl (C=O) groups excluding carboxylic acids is 2. The van der Waals surface area contributed by atoms with Gasteiger partial charge in [0.2, 0.25) is 5.91 Å². The van der Waals surface area contributed by atoms with E-state index in [1.54, 1.807) is 6.92 Å². The SMILES string of the molecule is CCOC(=O)C1CC(=O)NC1c1ccccc1. The highest BCUT2D eigenvalue weighted by Crippen LogP contribution is 2.30. The number of carbonyl (C=O) groups is 2. The molecule has 1 aliphatic heterocycles. The molecule has 1 amide bonds. The lowest BCUT2D eigenvalue weighted by Crippen LogP contribution is -2.25. The zero-order valence-electron chi connectivity index (χ0n) is 9.68. The second-order valence-electron chi connectivity index (χ2n) is 4.02. The van der Waals surface area contributed by atoms with E-state index >= 15 is 0 Å². The maximum atomic E-state index is 11.8. The Morgan fingerprint density at radius 2 is 2.12 bits per heavy atom. The molecule has 90 valence electrons. The van der Waals surface area contributed by atoms with Crippen LogP contribution in [0.5, 0.6) is 0 Å². The van der Waals surface area contributed by atoms with Gasteiger partial charge in [0.15, 0.2) is 0 Å². The lowest BCUT2D eigenvalue weighted by Gasteiger charge is -2.17. The third-order valence-electron chi connectivity index (χ3n) is 2.87. The molecule has 0 radical (unpaired) electrons. The molecule has 17 heavy (non-hydrogen) atoms. The van der Waals surface area contributed by atoms with Crippen LogP contribution in [0.2, 0.25) is 0 Å². The largest absolute Gasteiger partial charge is 0.466 e. The van der Waals surface area contributed by atoms with Gasteiger partial charge in [-0.3, -0.25) is 9.59 Å². The third-order valence-corrected chi connectivity index (χ3v) is 2.87. The average Bonchev–Trinajstić information content (AvgIpc) is 2.73. The molecule has 2 rings (SSSR count). The highest BCUT2D eigenvalue weighted by atomic mass is 16.5. The van der Waals surface area contributed by atoms with E-state index in [1.165, 1.54) is 0 Å². The fourth-order valence-electron chi connectivity index (χ4n) is 2.10. The molecule has 4 heteroatoms. The summed E-state index contributed by atoms with van der Waals surface area (Å²) in [5.74, 6) is -0.818. The molecule has 1 aliphatic rings. The van der Waals surface area contributed by atoms with Crippen molar-refractivity contribution in [1.29, 1.82) is 0 Å². The molecule has 0 bridgehead atoms. The van der Waals surface area contributed by atoms with E-state index in [0.29, 0.717) is 6.61 Å². The van der Waals surface area contributed by atoms with Gasteiger partial charge >= 0.3 is 5.97 Å². The van der Waals surface area contributed by atoms with Crippen LogP contribution in [0.15, 0.2) is 30.3 Å². The topological polar surface area (TPSA) is 55.4 Å². The quantitative estimate of drug-likeness (QED) is 0.803. The van der Waals surface area contributed by atoms with Crippen molar-refractivity contribution in [2.24, 2.45) is 5.92 Å². The Labute approximate surface area is 100.0 Å². The predicted octanol–water partition coefficient (Wildman–Crippen LogP) is 1.43. The maximum Gasteiger partial charge on any atom is 0.311 e. The molecule has 4 nitrogen and oxygen atoms in total. The molecular weight excluding hydrogens is 218 g/mol. The standard InChI is InChI=1S/C13H15NO3/c1-2-17-13(16)10-8-11(15)14-12(10)9-6-4-3-5-7-9/h3-7,10,12H,2,8H2,1H3,(H,14,15). The van der Waals surface area contributed by atoms with Crippen molar-refractivity contribution < 1.29 is 14.3 Å². The van der Waals surface area contributed by atoms with Crippen LogP contribution in [0, 0.1) is 5.92 Å². The summed E-state index contributed by atoms with van der Waals surface area (Å²) in [5.41, 5.74) is 0.941. The van der Waals surface area contributed by atoms with Crippen LogP contribution in [0.3, 0.4) is 0 Å². The molecule has 1 saturated heterocycles.